The minimum atomic E-state index is -0.412. The topological polar surface area (TPSA) is 77.2 Å². The molecule has 0 atom stereocenters. The molecule has 0 amide bonds. The Morgan fingerprint density at radius 1 is 1.17 bits per heavy atom. The first-order valence-electron chi connectivity index (χ1n) is 7.17. The van der Waals surface area contributed by atoms with Crippen molar-refractivity contribution in [2.45, 2.75) is 6.54 Å². The summed E-state index contributed by atoms with van der Waals surface area (Å²) in [5.41, 5.74) is 1.86. The van der Waals surface area contributed by atoms with Gasteiger partial charge in [-0.25, -0.2) is 4.79 Å². The predicted molar refractivity (Wildman–Crippen MR) is 89.9 cm³/mol. The number of aromatic nitrogens is 2. The maximum Gasteiger partial charge on any atom is 0.339 e. The molecule has 0 bridgehead atoms. The van der Waals surface area contributed by atoms with Crippen molar-refractivity contribution in [2.75, 3.05) is 12.4 Å². The van der Waals surface area contributed by atoms with Crippen LogP contribution in [0.2, 0.25) is 5.02 Å². The van der Waals surface area contributed by atoms with Crippen LogP contribution in [-0.4, -0.2) is 23.3 Å². The van der Waals surface area contributed by atoms with E-state index in [1.807, 2.05) is 6.07 Å². The monoisotopic (exact) mass is 343 g/mol. The van der Waals surface area contributed by atoms with Gasteiger partial charge in [0.1, 0.15) is 0 Å². The van der Waals surface area contributed by atoms with E-state index >= 15 is 0 Å². The summed E-state index contributed by atoms with van der Waals surface area (Å²) in [4.78, 5) is 11.7. The van der Waals surface area contributed by atoms with E-state index in [0.29, 0.717) is 28.1 Å². The van der Waals surface area contributed by atoms with Crippen LogP contribution in [0.1, 0.15) is 16.2 Å². The van der Waals surface area contributed by atoms with Crippen molar-refractivity contribution in [1.29, 1.82) is 0 Å². The minimum Gasteiger partial charge on any atom is -0.465 e. The van der Waals surface area contributed by atoms with Crippen molar-refractivity contribution in [3.8, 4) is 11.5 Å². The quantitative estimate of drug-likeness (QED) is 0.710. The third-order valence-corrected chi connectivity index (χ3v) is 3.57. The number of hydrogen-bond acceptors (Lipinski definition) is 6. The van der Waals surface area contributed by atoms with Gasteiger partial charge in [-0.1, -0.05) is 23.7 Å². The highest BCUT2D eigenvalue weighted by Crippen LogP contribution is 2.21. The molecule has 0 aliphatic heterocycles. The van der Waals surface area contributed by atoms with Gasteiger partial charge in [-0.3, -0.25) is 0 Å². The molecule has 3 rings (SSSR count). The van der Waals surface area contributed by atoms with Crippen molar-refractivity contribution in [3.63, 3.8) is 0 Å². The Morgan fingerprint density at radius 3 is 2.67 bits per heavy atom. The fourth-order valence-corrected chi connectivity index (χ4v) is 2.26. The molecule has 3 aromatic rings. The van der Waals surface area contributed by atoms with E-state index in [2.05, 4.69) is 15.5 Å². The zero-order valence-electron chi connectivity index (χ0n) is 12.8. The molecule has 7 heteroatoms. The fraction of sp³-hybridized carbons (Fsp3) is 0.118. The van der Waals surface area contributed by atoms with Crippen molar-refractivity contribution in [3.05, 3.63) is 65.0 Å². The molecule has 0 saturated heterocycles. The second kappa shape index (κ2) is 7.14. The second-order valence-corrected chi connectivity index (χ2v) is 5.34. The number of rotatable bonds is 5. The maximum atomic E-state index is 11.7. The van der Waals surface area contributed by atoms with Gasteiger partial charge in [0.15, 0.2) is 0 Å². The number of methoxy groups -OCH3 is 1. The molecule has 6 nitrogen and oxygen atoms in total. The fourth-order valence-electron chi connectivity index (χ4n) is 2.13. The average Bonchev–Trinajstić information content (AvgIpc) is 3.09. The lowest BCUT2D eigenvalue weighted by atomic mass is 10.2. The number of anilines is 1. The molecule has 0 fully saturated rings. The normalized spacial score (nSPS) is 10.4. The zero-order valence-corrected chi connectivity index (χ0v) is 13.6. The largest absolute Gasteiger partial charge is 0.465 e. The number of carbonyl (C=O) groups excluding carboxylic acids is 1. The van der Waals surface area contributed by atoms with Crippen LogP contribution in [0.15, 0.2) is 52.9 Å². The van der Waals surface area contributed by atoms with Crippen molar-refractivity contribution in [1.82, 2.24) is 10.2 Å². The Bertz CT molecular complexity index is 846. The number of nitrogens with one attached hydrogen (secondary N) is 1. The molecule has 0 radical (unpaired) electrons. The van der Waals surface area contributed by atoms with Crippen LogP contribution in [0.5, 0.6) is 0 Å². The average molecular weight is 344 g/mol. The van der Waals surface area contributed by atoms with Crippen LogP contribution < -0.4 is 5.32 Å². The van der Waals surface area contributed by atoms with Gasteiger partial charge in [0.05, 0.1) is 19.2 Å². The molecule has 24 heavy (non-hydrogen) atoms. The summed E-state index contributed by atoms with van der Waals surface area (Å²) < 4.78 is 10.4. The van der Waals surface area contributed by atoms with Crippen LogP contribution in [-0.2, 0) is 11.3 Å². The molecule has 2 aromatic carbocycles. The van der Waals surface area contributed by atoms with Gasteiger partial charge in [-0.2, -0.15) is 0 Å². The Morgan fingerprint density at radius 2 is 1.92 bits per heavy atom. The Balaban J connectivity index is 1.72. The van der Waals surface area contributed by atoms with E-state index in [1.54, 1.807) is 42.5 Å². The number of carbonyl (C=O) groups is 1. The number of ether oxygens (including phenoxy) is 1. The smallest absolute Gasteiger partial charge is 0.339 e. The standard InChI is InChI=1S/C17H14ClN3O3/c1-23-17(22)13-4-2-3-5-14(13)19-10-15-20-21-16(24-15)11-6-8-12(18)9-7-11/h2-9,19H,10H2,1H3. The van der Waals surface area contributed by atoms with Gasteiger partial charge < -0.3 is 14.5 Å². The van der Waals surface area contributed by atoms with E-state index in [9.17, 15) is 4.79 Å². The molecule has 0 aliphatic rings. The number of nitrogens with zero attached hydrogens (tertiary/aromatic N) is 2. The van der Waals surface area contributed by atoms with Crippen LogP contribution in [0.25, 0.3) is 11.5 Å². The first-order valence-corrected chi connectivity index (χ1v) is 7.54. The summed E-state index contributed by atoms with van der Waals surface area (Å²) in [6, 6.07) is 14.2. The summed E-state index contributed by atoms with van der Waals surface area (Å²) in [5.74, 6) is 0.398. The summed E-state index contributed by atoms with van der Waals surface area (Å²) in [7, 11) is 1.34. The summed E-state index contributed by atoms with van der Waals surface area (Å²) in [6.07, 6.45) is 0. The summed E-state index contributed by atoms with van der Waals surface area (Å²) in [6.45, 7) is 0.286. The molecule has 1 heterocycles. The Hall–Kier alpha value is -2.86. The number of hydrogen-bond donors (Lipinski definition) is 1. The minimum absolute atomic E-state index is 0.286. The van der Waals surface area contributed by atoms with Crippen LogP contribution in [0.3, 0.4) is 0 Å². The lowest BCUT2D eigenvalue weighted by Gasteiger charge is -2.08. The SMILES string of the molecule is COC(=O)c1ccccc1NCc1nnc(-c2ccc(Cl)cc2)o1. The molecule has 0 saturated carbocycles. The van der Waals surface area contributed by atoms with Gasteiger partial charge in [0, 0.05) is 16.3 Å². The van der Waals surface area contributed by atoms with Gasteiger partial charge in [0.25, 0.3) is 0 Å². The lowest BCUT2D eigenvalue weighted by Crippen LogP contribution is -2.08. The van der Waals surface area contributed by atoms with Crippen LogP contribution in [0.4, 0.5) is 5.69 Å². The highest BCUT2D eigenvalue weighted by atomic mass is 35.5. The van der Waals surface area contributed by atoms with Crippen LogP contribution in [0, 0.1) is 0 Å². The third-order valence-electron chi connectivity index (χ3n) is 3.32. The Kier molecular flexibility index (Phi) is 4.77. The lowest BCUT2D eigenvalue weighted by molar-refractivity contribution is 0.0602. The molecule has 1 N–H and O–H groups in total. The maximum absolute atomic E-state index is 11.7. The number of esters is 1. The van der Waals surface area contributed by atoms with E-state index < -0.39 is 5.97 Å². The highest BCUT2D eigenvalue weighted by Gasteiger charge is 2.12. The molecule has 0 aliphatic carbocycles. The van der Waals surface area contributed by atoms with Gasteiger partial charge in [0.2, 0.25) is 11.8 Å². The van der Waals surface area contributed by atoms with E-state index in [1.165, 1.54) is 7.11 Å². The molecular weight excluding hydrogens is 330 g/mol. The van der Waals surface area contributed by atoms with E-state index in [4.69, 9.17) is 20.8 Å². The third kappa shape index (κ3) is 3.55. The van der Waals surface area contributed by atoms with Gasteiger partial charge >= 0.3 is 5.97 Å². The van der Waals surface area contributed by atoms with E-state index in [0.717, 1.165) is 5.56 Å². The molecular formula is C17H14ClN3O3. The second-order valence-electron chi connectivity index (χ2n) is 4.90. The molecule has 1 aromatic heterocycles. The molecule has 0 spiro atoms. The van der Waals surface area contributed by atoms with Gasteiger partial charge in [-0.15, -0.1) is 10.2 Å². The van der Waals surface area contributed by atoms with Crippen molar-refractivity contribution < 1.29 is 13.9 Å². The highest BCUT2D eigenvalue weighted by molar-refractivity contribution is 6.30. The summed E-state index contributed by atoms with van der Waals surface area (Å²) in [5, 5.41) is 11.7. The first kappa shape index (κ1) is 16.0. The zero-order chi connectivity index (χ0) is 16.9. The van der Waals surface area contributed by atoms with E-state index in [-0.39, 0.29) is 6.54 Å². The number of para-hydroxylation sites is 1. The molecule has 122 valence electrons. The predicted octanol–water partition coefficient (Wildman–Crippen LogP) is 3.79. The van der Waals surface area contributed by atoms with Crippen LogP contribution >= 0.6 is 11.6 Å². The Labute approximate surface area is 143 Å². The molecule has 0 unspecified atom stereocenters. The first-order chi connectivity index (χ1) is 11.7. The van der Waals surface area contributed by atoms with Gasteiger partial charge in [-0.05, 0) is 36.4 Å². The number of benzene rings is 2. The summed E-state index contributed by atoms with van der Waals surface area (Å²) >= 11 is 5.86. The van der Waals surface area contributed by atoms with Crippen molar-refractivity contribution in [2.24, 2.45) is 0 Å². The number of halogens is 1. The van der Waals surface area contributed by atoms with Crippen molar-refractivity contribution >= 4 is 23.3 Å².